The van der Waals surface area contributed by atoms with Crippen LogP contribution in [0.2, 0.25) is 0 Å². The number of hydrogen-bond acceptors (Lipinski definition) is 5. The second-order valence-electron chi connectivity index (χ2n) is 3.11. The number of hydrogen-bond donors (Lipinski definition) is 0. The molecule has 1 heterocycles. The molecule has 0 amide bonds. The highest BCUT2D eigenvalue weighted by Gasteiger charge is 2.41. The minimum atomic E-state index is -0.392. The lowest BCUT2D eigenvalue weighted by Crippen LogP contribution is -2.55. The van der Waals surface area contributed by atoms with E-state index in [1.165, 1.54) is 0 Å². The van der Waals surface area contributed by atoms with Crippen LogP contribution in [-0.4, -0.2) is 59.6 Å². The Hall–Kier alpha value is -0.200. The molecule has 1 aliphatic rings. The van der Waals surface area contributed by atoms with Gasteiger partial charge in [-0.25, -0.2) is 0 Å². The molecule has 0 spiro atoms. The van der Waals surface area contributed by atoms with E-state index in [2.05, 4.69) is 0 Å². The topological polar surface area (TPSA) is 46.2 Å². The van der Waals surface area contributed by atoms with Gasteiger partial charge in [-0.3, -0.25) is 0 Å². The summed E-state index contributed by atoms with van der Waals surface area (Å²) in [6, 6.07) is 0. The summed E-state index contributed by atoms with van der Waals surface area (Å²) in [6.07, 6.45) is -0.930. The Bertz CT molecular complexity index is 145. The van der Waals surface area contributed by atoms with Gasteiger partial charge in [-0.1, -0.05) is 0 Å². The van der Waals surface area contributed by atoms with E-state index in [1.807, 2.05) is 0 Å². The molecule has 0 aromatic rings. The van der Waals surface area contributed by atoms with E-state index in [9.17, 15) is 0 Å². The maximum atomic E-state index is 5.41. The average molecular weight is 206 g/mol. The molecule has 0 aromatic heterocycles. The SMILES string of the molecule is CO[C@@H]1OC[C@@H](OC)[C@H](OC)[C@@H]1OC. The molecule has 14 heavy (non-hydrogen) atoms. The van der Waals surface area contributed by atoms with Gasteiger partial charge in [0.1, 0.15) is 18.3 Å². The Morgan fingerprint density at radius 2 is 1.50 bits per heavy atom. The molecule has 0 aromatic carbocycles. The summed E-state index contributed by atoms with van der Waals surface area (Å²) in [7, 11) is 6.43. The fourth-order valence-electron chi connectivity index (χ4n) is 1.68. The maximum Gasteiger partial charge on any atom is 0.186 e. The van der Waals surface area contributed by atoms with Crippen LogP contribution in [0.1, 0.15) is 0 Å². The second kappa shape index (κ2) is 5.63. The van der Waals surface area contributed by atoms with Crippen LogP contribution < -0.4 is 0 Å². The van der Waals surface area contributed by atoms with Crippen LogP contribution in [0.25, 0.3) is 0 Å². The maximum absolute atomic E-state index is 5.41. The van der Waals surface area contributed by atoms with Crippen molar-refractivity contribution >= 4 is 0 Å². The van der Waals surface area contributed by atoms with Crippen molar-refractivity contribution in [3.05, 3.63) is 0 Å². The smallest absolute Gasteiger partial charge is 0.186 e. The first kappa shape index (κ1) is 11.9. The fraction of sp³-hybridized carbons (Fsp3) is 1.00. The minimum absolute atomic E-state index is 0.114. The summed E-state index contributed by atoms with van der Waals surface area (Å²) < 4.78 is 26.4. The van der Waals surface area contributed by atoms with E-state index in [1.54, 1.807) is 28.4 Å². The molecule has 0 bridgehead atoms. The monoisotopic (exact) mass is 206 g/mol. The number of ether oxygens (including phenoxy) is 5. The summed E-state index contributed by atoms with van der Waals surface area (Å²) in [5, 5.41) is 0. The second-order valence-corrected chi connectivity index (χ2v) is 3.11. The molecular formula is C9H18O5. The van der Waals surface area contributed by atoms with E-state index in [0.717, 1.165) is 0 Å². The van der Waals surface area contributed by atoms with Crippen molar-refractivity contribution < 1.29 is 23.7 Å². The first-order chi connectivity index (χ1) is 6.78. The lowest BCUT2D eigenvalue weighted by atomic mass is 10.0. The van der Waals surface area contributed by atoms with Gasteiger partial charge in [0.25, 0.3) is 0 Å². The Labute approximate surface area is 84.2 Å². The van der Waals surface area contributed by atoms with Crippen LogP contribution in [0.3, 0.4) is 0 Å². The summed E-state index contributed by atoms with van der Waals surface area (Å²) in [6.45, 7) is 0.452. The molecule has 5 nitrogen and oxygen atoms in total. The summed E-state index contributed by atoms with van der Waals surface area (Å²) in [4.78, 5) is 0. The van der Waals surface area contributed by atoms with Gasteiger partial charge in [0.15, 0.2) is 6.29 Å². The van der Waals surface area contributed by atoms with Crippen molar-refractivity contribution in [3.8, 4) is 0 Å². The molecule has 0 aliphatic carbocycles. The molecule has 1 rings (SSSR count). The number of rotatable bonds is 4. The van der Waals surface area contributed by atoms with Crippen molar-refractivity contribution in [1.82, 2.24) is 0 Å². The zero-order chi connectivity index (χ0) is 10.6. The normalized spacial score (nSPS) is 38.6. The summed E-state index contributed by atoms with van der Waals surface area (Å²) in [5.41, 5.74) is 0. The number of methoxy groups -OCH3 is 4. The molecule has 0 radical (unpaired) electrons. The van der Waals surface area contributed by atoms with E-state index >= 15 is 0 Å². The first-order valence-electron chi connectivity index (χ1n) is 4.51. The third kappa shape index (κ3) is 2.24. The van der Waals surface area contributed by atoms with E-state index in [0.29, 0.717) is 6.61 Å². The molecule has 0 unspecified atom stereocenters. The lowest BCUT2D eigenvalue weighted by molar-refractivity contribution is -0.276. The van der Waals surface area contributed by atoms with Crippen LogP contribution >= 0.6 is 0 Å². The Morgan fingerprint density at radius 3 is 1.93 bits per heavy atom. The zero-order valence-corrected chi connectivity index (χ0v) is 9.06. The van der Waals surface area contributed by atoms with Crippen molar-refractivity contribution in [2.75, 3.05) is 35.0 Å². The summed E-state index contributed by atoms with van der Waals surface area (Å²) in [5.74, 6) is 0. The quantitative estimate of drug-likeness (QED) is 0.649. The standard InChI is InChI=1S/C9H18O5/c1-10-6-5-14-9(13-4)8(12-3)7(6)11-2/h6-9H,5H2,1-4H3/t6-,7+,8+,9-/m1/s1. The predicted molar refractivity (Wildman–Crippen MR) is 49.1 cm³/mol. The van der Waals surface area contributed by atoms with Crippen LogP contribution in [0.15, 0.2) is 0 Å². The van der Waals surface area contributed by atoms with Gasteiger partial charge >= 0.3 is 0 Å². The van der Waals surface area contributed by atoms with Crippen molar-refractivity contribution in [3.63, 3.8) is 0 Å². The predicted octanol–water partition coefficient (Wildman–Crippen LogP) is 0.0341. The van der Waals surface area contributed by atoms with Crippen LogP contribution in [0, 0.1) is 0 Å². The highest BCUT2D eigenvalue weighted by Crippen LogP contribution is 2.22. The van der Waals surface area contributed by atoms with Crippen molar-refractivity contribution in [2.45, 2.75) is 24.6 Å². The zero-order valence-electron chi connectivity index (χ0n) is 9.06. The minimum Gasteiger partial charge on any atom is -0.376 e. The lowest BCUT2D eigenvalue weighted by Gasteiger charge is -2.39. The van der Waals surface area contributed by atoms with Crippen LogP contribution in [-0.2, 0) is 23.7 Å². The molecule has 84 valence electrons. The van der Waals surface area contributed by atoms with Crippen LogP contribution in [0.4, 0.5) is 0 Å². The largest absolute Gasteiger partial charge is 0.376 e. The summed E-state index contributed by atoms with van der Waals surface area (Å²) >= 11 is 0. The van der Waals surface area contributed by atoms with Crippen molar-refractivity contribution in [2.24, 2.45) is 0 Å². The fourth-order valence-corrected chi connectivity index (χ4v) is 1.68. The Kier molecular flexibility index (Phi) is 4.77. The molecule has 5 heteroatoms. The molecule has 1 aliphatic heterocycles. The molecule has 0 saturated carbocycles. The van der Waals surface area contributed by atoms with E-state index < -0.39 is 6.29 Å². The molecular weight excluding hydrogens is 188 g/mol. The van der Waals surface area contributed by atoms with Gasteiger partial charge in [0.2, 0.25) is 0 Å². The van der Waals surface area contributed by atoms with Gasteiger partial charge in [0.05, 0.1) is 6.61 Å². The molecule has 4 atom stereocenters. The van der Waals surface area contributed by atoms with Gasteiger partial charge in [-0.05, 0) is 0 Å². The third-order valence-electron chi connectivity index (χ3n) is 2.46. The third-order valence-corrected chi connectivity index (χ3v) is 2.46. The Balaban J connectivity index is 2.67. The van der Waals surface area contributed by atoms with Crippen molar-refractivity contribution in [1.29, 1.82) is 0 Å². The highest BCUT2D eigenvalue weighted by atomic mass is 16.7. The van der Waals surface area contributed by atoms with E-state index in [4.69, 9.17) is 23.7 Å². The van der Waals surface area contributed by atoms with E-state index in [-0.39, 0.29) is 18.3 Å². The van der Waals surface area contributed by atoms with Gasteiger partial charge < -0.3 is 23.7 Å². The van der Waals surface area contributed by atoms with Gasteiger partial charge in [0, 0.05) is 28.4 Å². The van der Waals surface area contributed by atoms with Crippen LogP contribution in [0.5, 0.6) is 0 Å². The molecule has 1 fully saturated rings. The Morgan fingerprint density at radius 1 is 0.857 bits per heavy atom. The first-order valence-corrected chi connectivity index (χ1v) is 4.51. The molecule has 0 N–H and O–H groups in total. The molecule has 1 saturated heterocycles. The highest BCUT2D eigenvalue weighted by molar-refractivity contribution is 4.85. The van der Waals surface area contributed by atoms with Gasteiger partial charge in [-0.2, -0.15) is 0 Å². The average Bonchev–Trinajstić information content (AvgIpc) is 2.26. The van der Waals surface area contributed by atoms with Gasteiger partial charge in [-0.15, -0.1) is 0 Å².